The quantitative estimate of drug-likeness (QED) is 0.284. The van der Waals surface area contributed by atoms with Crippen molar-refractivity contribution in [2.45, 2.75) is 174 Å². The van der Waals surface area contributed by atoms with Gasteiger partial charge in [0.25, 0.3) is 0 Å². The van der Waals surface area contributed by atoms with Crippen molar-refractivity contribution in [2.24, 2.45) is 88.8 Å². The van der Waals surface area contributed by atoms with Crippen LogP contribution in [0.4, 0.5) is 0 Å². The Balaban J connectivity index is 1.21. The van der Waals surface area contributed by atoms with Crippen molar-refractivity contribution in [1.82, 2.24) is 0 Å². The molecule has 7 aliphatic carbocycles. The van der Waals surface area contributed by atoms with Gasteiger partial charge in [-0.2, -0.15) is 11.8 Å². The average Bonchev–Trinajstić information content (AvgIpc) is 3.07. The molecule has 0 bridgehead atoms. The molecule has 7 saturated carbocycles. The Morgan fingerprint density at radius 2 is 0.955 bits per heavy atom. The van der Waals surface area contributed by atoms with E-state index in [1.165, 1.54) is 19.3 Å². The third-order valence-corrected chi connectivity index (χ3v) is 18.1. The molecule has 7 rings (SSSR count). The van der Waals surface area contributed by atoms with Crippen molar-refractivity contribution in [1.29, 1.82) is 0 Å². The number of hydrogen-bond acceptors (Lipinski definition) is 1. The molecule has 252 valence electrons. The molecule has 0 spiro atoms. The lowest BCUT2D eigenvalue weighted by atomic mass is 9.45. The van der Waals surface area contributed by atoms with Gasteiger partial charge >= 0.3 is 0 Å². The van der Waals surface area contributed by atoms with E-state index in [0.29, 0.717) is 0 Å². The molecule has 0 saturated heterocycles. The smallest absolute Gasteiger partial charge is 0.00497 e. The van der Waals surface area contributed by atoms with Gasteiger partial charge in [-0.15, -0.1) is 0 Å². The predicted octanol–water partition coefficient (Wildman–Crippen LogP) is 13.1. The molecule has 0 aromatic rings. The summed E-state index contributed by atoms with van der Waals surface area (Å²) in [6.45, 7) is 7.90. The summed E-state index contributed by atoms with van der Waals surface area (Å²) in [7, 11) is 0. The molecule has 0 aromatic carbocycles. The molecule has 15 atom stereocenters. The van der Waals surface area contributed by atoms with Crippen LogP contribution in [0.1, 0.15) is 168 Å². The van der Waals surface area contributed by atoms with Gasteiger partial charge in [-0.05, 0) is 172 Å². The van der Waals surface area contributed by atoms with Crippen LogP contribution in [-0.4, -0.2) is 11.5 Å². The molecular formula is C43H74S. The molecule has 7 fully saturated rings. The highest BCUT2D eigenvalue weighted by atomic mass is 32.2. The third-order valence-electron chi connectivity index (χ3n) is 17.1. The average molecular weight is 623 g/mol. The van der Waals surface area contributed by atoms with E-state index in [9.17, 15) is 0 Å². The zero-order valence-corrected chi connectivity index (χ0v) is 30.7. The van der Waals surface area contributed by atoms with Crippen LogP contribution < -0.4 is 0 Å². The standard InChI is InChI=1S/C43H74S/c1-5-29-20-21-32-23-24-36(39-25-22-30(6-2)42(29)43(32)39)40-27-33(44-4)26-28(3)41(38-19-13-11-17-35(38)40)37-18-12-10-16-34(37)31-14-8-7-9-15-31/h28-43H,5-27H2,1-4H3. The second kappa shape index (κ2) is 14.9. The minimum atomic E-state index is 0.923. The normalized spacial score (nSPS) is 50.6. The van der Waals surface area contributed by atoms with E-state index in [4.69, 9.17) is 0 Å². The van der Waals surface area contributed by atoms with E-state index in [0.717, 1.165) is 94.0 Å². The van der Waals surface area contributed by atoms with Gasteiger partial charge in [0, 0.05) is 5.25 Å². The minimum Gasteiger partial charge on any atom is -0.162 e. The highest BCUT2D eigenvalue weighted by molar-refractivity contribution is 7.99. The maximum atomic E-state index is 2.79. The van der Waals surface area contributed by atoms with Crippen LogP contribution in [0.2, 0.25) is 0 Å². The zero-order valence-electron chi connectivity index (χ0n) is 29.9. The Morgan fingerprint density at radius 1 is 0.432 bits per heavy atom. The van der Waals surface area contributed by atoms with Crippen molar-refractivity contribution in [3.8, 4) is 0 Å². The molecule has 1 heteroatoms. The maximum Gasteiger partial charge on any atom is 0.00497 e. The summed E-state index contributed by atoms with van der Waals surface area (Å²) in [5, 5.41) is 0.923. The summed E-state index contributed by atoms with van der Waals surface area (Å²) in [6, 6.07) is 0. The van der Waals surface area contributed by atoms with Gasteiger partial charge < -0.3 is 0 Å². The lowest BCUT2D eigenvalue weighted by Gasteiger charge is -2.60. The Hall–Kier alpha value is 0.350. The maximum absolute atomic E-state index is 2.79. The third kappa shape index (κ3) is 6.28. The van der Waals surface area contributed by atoms with E-state index in [-0.39, 0.29) is 0 Å². The van der Waals surface area contributed by atoms with Crippen LogP contribution in [0.15, 0.2) is 0 Å². The van der Waals surface area contributed by atoms with Gasteiger partial charge in [0.15, 0.2) is 0 Å². The summed E-state index contributed by atoms with van der Waals surface area (Å²) < 4.78 is 0. The van der Waals surface area contributed by atoms with Gasteiger partial charge in [-0.25, -0.2) is 0 Å². The van der Waals surface area contributed by atoms with Crippen LogP contribution >= 0.6 is 11.8 Å². The van der Waals surface area contributed by atoms with E-state index < -0.39 is 0 Å². The molecule has 7 aliphatic rings. The van der Waals surface area contributed by atoms with E-state index in [2.05, 4.69) is 38.8 Å². The van der Waals surface area contributed by atoms with Crippen molar-refractivity contribution >= 4 is 11.8 Å². The first kappa shape index (κ1) is 32.9. The fourth-order valence-corrected chi connectivity index (χ4v) is 16.4. The summed E-state index contributed by atoms with van der Waals surface area (Å²) in [4.78, 5) is 0. The first-order valence-corrected chi connectivity index (χ1v) is 22.4. The SMILES string of the molecule is CCC1CCC2CCC(C3CC(SC)CC(C)C(C4CCCCC4C4CCCCC4)C4CCCCC34)C3CCC(CC)C1C23. The fraction of sp³-hybridized carbons (Fsp3) is 1.00. The topological polar surface area (TPSA) is 0 Å². The number of fused-ring (bicyclic) bond motifs is 1. The molecule has 15 unspecified atom stereocenters. The second-order valence-corrected chi connectivity index (χ2v) is 19.6. The van der Waals surface area contributed by atoms with E-state index in [1.54, 1.807) is 128 Å². The highest BCUT2D eigenvalue weighted by Crippen LogP contribution is 2.63. The van der Waals surface area contributed by atoms with Gasteiger partial charge in [-0.3, -0.25) is 0 Å². The molecule has 0 aliphatic heterocycles. The Labute approximate surface area is 279 Å². The summed E-state index contributed by atoms with van der Waals surface area (Å²) in [5.74, 6) is 16.0. The molecule has 0 nitrogen and oxygen atoms in total. The molecule has 0 radical (unpaired) electrons. The van der Waals surface area contributed by atoms with Crippen LogP contribution in [0.3, 0.4) is 0 Å². The van der Waals surface area contributed by atoms with Crippen molar-refractivity contribution in [2.75, 3.05) is 6.26 Å². The minimum absolute atomic E-state index is 0.923. The molecule has 0 aromatic heterocycles. The van der Waals surface area contributed by atoms with Gasteiger partial charge in [0.05, 0.1) is 0 Å². The zero-order chi connectivity index (χ0) is 30.2. The number of hydrogen-bond donors (Lipinski definition) is 0. The number of rotatable bonds is 6. The molecule has 0 N–H and O–H groups in total. The van der Waals surface area contributed by atoms with Gasteiger partial charge in [0.2, 0.25) is 0 Å². The number of thioether (sulfide) groups is 1. The van der Waals surface area contributed by atoms with Gasteiger partial charge in [-0.1, -0.05) is 91.4 Å². The Bertz CT molecular complexity index is 883. The van der Waals surface area contributed by atoms with Crippen molar-refractivity contribution in [3.63, 3.8) is 0 Å². The fourth-order valence-electron chi connectivity index (χ4n) is 15.5. The summed E-state index contributed by atoms with van der Waals surface area (Å²) in [6.07, 6.45) is 38.6. The second-order valence-electron chi connectivity index (χ2n) is 18.5. The molecule has 0 heterocycles. The highest BCUT2D eigenvalue weighted by Gasteiger charge is 2.56. The van der Waals surface area contributed by atoms with E-state index >= 15 is 0 Å². The van der Waals surface area contributed by atoms with Gasteiger partial charge in [0.1, 0.15) is 0 Å². The summed E-state index contributed by atoms with van der Waals surface area (Å²) >= 11 is 2.31. The van der Waals surface area contributed by atoms with Crippen LogP contribution in [0, 0.1) is 88.8 Å². The van der Waals surface area contributed by atoms with E-state index in [1.807, 2.05) is 0 Å². The first-order valence-electron chi connectivity index (χ1n) is 21.2. The molecule has 44 heavy (non-hydrogen) atoms. The van der Waals surface area contributed by atoms with Crippen molar-refractivity contribution in [3.05, 3.63) is 0 Å². The Kier molecular flexibility index (Phi) is 11.1. The largest absolute Gasteiger partial charge is 0.162 e. The lowest BCUT2D eigenvalue weighted by Crippen LogP contribution is -2.53. The molecule has 0 amide bonds. The van der Waals surface area contributed by atoms with Crippen LogP contribution in [0.25, 0.3) is 0 Å². The van der Waals surface area contributed by atoms with Crippen molar-refractivity contribution < 1.29 is 0 Å². The van der Waals surface area contributed by atoms with Crippen LogP contribution in [-0.2, 0) is 0 Å². The summed E-state index contributed by atoms with van der Waals surface area (Å²) in [5.41, 5.74) is 0. The molecular weight excluding hydrogens is 549 g/mol. The predicted molar refractivity (Wildman–Crippen MR) is 193 cm³/mol. The monoisotopic (exact) mass is 623 g/mol. The Morgan fingerprint density at radius 3 is 1.64 bits per heavy atom. The van der Waals surface area contributed by atoms with Crippen LogP contribution in [0.5, 0.6) is 0 Å². The first-order chi connectivity index (χ1) is 21.6. The lowest BCUT2D eigenvalue weighted by molar-refractivity contribution is -0.112.